The minimum Gasteiger partial charge on any atom is -0.363 e. The van der Waals surface area contributed by atoms with Gasteiger partial charge >= 0.3 is 6.18 Å². The number of allylic oxidation sites excluding steroid dienone is 1. The number of thiophene rings is 1. The van der Waals surface area contributed by atoms with E-state index in [0.29, 0.717) is 17.4 Å². The molecular weight excluding hydrogens is 559 g/mol. The number of anilines is 1. The Morgan fingerprint density at radius 3 is 2.42 bits per heavy atom. The first-order valence-electron chi connectivity index (χ1n) is 11.1. The van der Waals surface area contributed by atoms with Gasteiger partial charge < -0.3 is 15.7 Å². The van der Waals surface area contributed by atoms with E-state index in [-0.39, 0.29) is 31.8 Å². The van der Waals surface area contributed by atoms with Gasteiger partial charge in [0.2, 0.25) is 11.6 Å². The van der Waals surface area contributed by atoms with Crippen molar-refractivity contribution in [1.29, 1.82) is 5.26 Å². The van der Waals surface area contributed by atoms with Crippen molar-refractivity contribution in [1.82, 2.24) is 5.32 Å². The molecule has 4 rings (SSSR count). The summed E-state index contributed by atoms with van der Waals surface area (Å²) < 4.78 is 43.7. The first kappa shape index (κ1) is 27.7. The number of amides is 1. The number of alkyl halides is 3. The van der Waals surface area contributed by atoms with Crippen molar-refractivity contribution in [2.24, 2.45) is 5.92 Å². The zero-order chi connectivity index (χ0) is 27.5. The van der Waals surface area contributed by atoms with E-state index in [9.17, 15) is 33.1 Å². The summed E-state index contributed by atoms with van der Waals surface area (Å²) in [6, 6.07) is 19.1. The molecule has 0 radical (unpaired) electrons. The molecule has 0 bridgehead atoms. The number of benzene rings is 2. The van der Waals surface area contributed by atoms with E-state index in [4.69, 9.17) is 11.6 Å². The average molecular weight is 578 g/mol. The number of aliphatic hydroxyl groups is 1. The number of rotatable bonds is 7. The Labute approximate surface area is 229 Å². The van der Waals surface area contributed by atoms with Crippen LogP contribution < -0.4 is 10.6 Å². The van der Waals surface area contributed by atoms with Crippen molar-refractivity contribution in [3.05, 3.63) is 98.2 Å². The summed E-state index contributed by atoms with van der Waals surface area (Å²) in [4.78, 5) is 26.0. The molecule has 196 valence electrons. The van der Waals surface area contributed by atoms with Crippen LogP contribution in [0.15, 0.2) is 82.7 Å². The monoisotopic (exact) mass is 577 g/mol. The summed E-state index contributed by atoms with van der Waals surface area (Å²) in [7, 11) is 0. The zero-order valence-electron chi connectivity index (χ0n) is 19.3. The molecule has 0 aliphatic carbocycles. The second-order valence-electron chi connectivity index (χ2n) is 8.27. The highest BCUT2D eigenvalue weighted by Gasteiger charge is 2.66. The Bertz CT molecular complexity index is 1410. The van der Waals surface area contributed by atoms with Crippen LogP contribution in [0.1, 0.15) is 21.2 Å². The fraction of sp³-hybridized carbons (Fsp3) is 0.192. The molecule has 3 N–H and O–H groups in total. The lowest BCUT2D eigenvalue weighted by atomic mass is 9.70. The molecule has 6 nitrogen and oxygen atoms in total. The molecule has 12 heteroatoms. The van der Waals surface area contributed by atoms with Crippen molar-refractivity contribution in [3.63, 3.8) is 0 Å². The molecule has 1 aromatic heterocycles. The summed E-state index contributed by atoms with van der Waals surface area (Å²) in [6.07, 6.45) is -5.34. The van der Waals surface area contributed by atoms with Crippen LogP contribution in [0.3, 0.4) is 0 Å². The van der Waals surface area contributed by atoms with Crippen LogP contribution in [0.2, 0.25) is 5.02 Å². The Morgan fingerprint density at radius 1 is 1.13 bits per heavy atom. The van der Waals surface area contributed by atoms with E-state index in [1.165, 1.54) is 35.7 Å². The fourth-order valence-corrected chi connectivity index (χ4v) is 6.04. The van der Waals surface area contributed by atoms with Crippen LogP contribution in [-0.2, 0) is 4.79 Å². The van der Waals surface area contributed by atoms with Crippen LogP contribution in [0.25, 0.3) is 0 Å². The highest BCUT2D eigenvalue weighted by atomic mass is 35.5. The first-order valence-corrected chi connectivity index (χ1v) is 13.3. The Morgan fingerprint density at radius 2 is 1.82 bits per heavy atom. The third kappa shape index (κ3) is 5.44. The lowest BCUT2D eigenvalue weighted by Crippen LogP contribution is -2.66. The zero-order valence-corrected chi connectivity index (χ0v) is 21.7. The second-order valence-corrected chi connectivity index (χ2v) is 10.6. The molecule has 0 saturated carbocycles. The quantitative estimate of drug-likeness (QED) is 0.300. The van der Waals surface area contributed by atoms with Gasteiger partial charge in [-0.25, -0.2) is 0 Å². The second kappa shape index (κ2) is 11.2. The molecular formula is C26H19ClF3N3O3S2. The maximum atomic E-state index is 14.6. The Kier molecular flexibility index (Phi) is 8.18. The van der Waals surface area contributed by atoms with Gasteiger partial charge in [-0.15, -0.1) is 11.3 Å². The number of halogens is 4. The first-order chi connectivity index (χ1) is 18.1. The van der Waals surface area contributed by atoms with Gasteiger partial charge in [0.1, 0.15) is 0 Å². The standard InChI is InChI=1S/C26H19ClF3N3O3S2/c27-18-10-5-4-9-16(18)21-17(13-31)24(38-14-20(34)32-15-7-2-1-3-8-15)33-25(36,26(28,29)30)22(21)23(35)19-11-6-12-37-19/h1-12,21-22,33,36H,14H2,(H,32,34)/t21-,22-,25+/m1/s1. The molecule has 0 saturated heterocycles. The molecule has 1 amide bonds. The molecule has 1 aliphatic rings. The number of Topliss-reactive ketones (excluding diaryl/α,β-unsaturated/α-hetero) is 1. The lowest BCUT2D eigenvalue weighted by Gasteiger charge is -2.45. The van der Waals surface area contributed by atoms with Crippen LogP contribution in [0, 0.1) is 17.2 Å². The van der Waals surface area contributed by atoms with Gasteiger partial charge in [-0.1, -0.05) is 65.8 Å². The number of hydrogen-bond acceptors (Lipinski definition) is 7. The SMILES string of the molecule is N#CC1=C(SCC(=O)Nc2ccccc2)N[C@@](O)(C(F)(F)F)[C@@H](C(=O)c2cccs2)[C@@H]1c1ccccc1Cl. The summed E-state index contributed by atoms with van der Waals surface area (Å²) >= 11 is 7.88. The molecule has 1 aliphatic heterocycles. The molecule has 2 aromatic carbocycles. The maximum absolute atomic E-state index is 14.6. The van der Waals surface area contributed by atoms with Crippen LogP contribution in [0.4, 0.5) is 18.9 Å². The summed E-state index contributed by atoms with van der Waals surface area (Å²) in [5, 5.41) is 27.1. The van der Waals surface area contributed by atoms with Gasteiger partial charge in [0.25, 0.3) is 0 Å². The molecule has 3 aromatic rings. The lowest BCUT2D eigenvalue weighted by molar-refractivity contribution is -0.285. The van der Waals surface area contributed by atoms with Crippen molar-refractivity contribution in [2.45, 2.75) is 17.8 Å². The molecule has 2 heterocycles. The summed E-state index contributed by atoms with van der Waals surface area (Å²) in [5.41, 5.74) is -3.47. The predicted octanol–water partition coefficient (Wildman–Crippen LogP) is 5.95. The van der Waals surface area contributed by atoms with Gasteiger partial charge in [-0.2, -0.15) is 18.4 Å². The van der Waals surface area contributed by atoms with Crippen LogP contribution in [0.5, 0.6) is 0 Å². The molecule has 0 unspecified atom stereocenters. The van der Waals surface area contributed by atoms with Crippen LogP contribution >= 0.6 is 34.7 Å². The topological polar surface area (TPSA) is 102 Å². The number of nitriles is 1. The highest BCUT2D eigenvalue weighted by molar-refractivity contribution is 8.03. The molecule has 0 fully saturated rings. The minimum atomic E-state index is -5.34. The average Bonchev–Trinajstić information content (AvgIpc) is 3.42. The normalized spacial score (nSPS) is 21.4. The minimum absolute atomic E-state index is 0.0202. The number of nitrogens with zero attached hydrogens (tertiary/aromatic N) is 1. The third-order valence-corrected chi connectivity index (χ3v) is 8.13. The largest absolute Gasteiger partial charge is 0.437 e. The number of para-hydroxylation sites is 1. The van der Waals surface area contributed by atoms with E-state index in [0.717, 1.165) is 11.3 Å². The fourth-order valence-electron chi connectivity index (χ4n) is 4.18. The van der Waals surface area contributed by atoms with Gasteiger partial charge in [0, 0.05) is 16.6 Å². The smallest absolute Gasteiger partial charge is 0.363 e. The summed E-state index contributed by atoms with van der Waals surface area (Å²) in [5.74, 6) is -5.67. The van der Waals surface area contributed by atoms with Gasteiger partial charge in [-0.05, 0) is 35.2 Å². The number of hydrogen-bond donors (Lipinski definition) is 3. The predicted molar refractivity (Wildman–Crippen MR) is 141 cm³/mol. The number of carbonyl (C=O) groups is 2. The van der Waals surface area contributed by atoms with E-state index in [2.05, 4.69) is 5.32 Å². The number of carbonyl (C=O) groups excluding carboxylic acids is 2. The Hall–Kier alpha value is -3.30. The highest BCUT2D eigenvalue weighted by Crippen LogP contribution is 2.52. The number of ketones is 1. The van der Waals surface area contributed by atoms with E-state index in [1.54, 1.807) is 36.4 Å². The van der Waals surface area contributed by atoms with E-state index < -0.39 is 35.4 Å². The van der Waals surface area contributed by atoms with Gasteiger partial charge in [-0.3, -0.25) is 9.59 Å². The number of nitrogens with one attached hydrogen (secondary N) is 2. The third-order valence-electron chi connectivity index (χ3n) is 5.89. The molecule has 3 atom stereocenters. The van der Waals surface area contributed by atoms with Crippen molar-refractivity contribution in [3.8, 4) is 6.07 Å². The van der Waals surface area contributed by atoms with Crippen molar-refractivity contribution in [2.75, 3.05) is 11.1 Å². The van der Waals surface area contributed by atoms with Gasteiger partial charge in [0.05, 0.1) is 33.2 Å². The maximum Gasteiger partial charge on any atom is 0.437 e. The summed E-state index contributed by atoms with van der Waals surface area (Å²) in [6.45, 7) is 0. The molecule has 0 spiro atoms. The van der Waals surface area contributed by atoms with E-state index >= 15 is 0 Å². The van der Waals surface area contributed by atoms with Gasteiger partial charge in [0.15, 0.2) is 5.78 Å². The van der Waals surface area contributed by atoms with Crippen molar-refractivity contribution < 1.29 is 27.9 Å². The van der Waals surface area contributed by atoms with E-state index in [1.807, 2.05) is 11.4 Å². The Balaban J connectivity index is 1.82. The van der Waals surface area contributed by atoms with Crippen molar-refractivity contribution >= 4 is 52.1 Å². The van der Waals surface area contributed by atoms with Crippen LogP contribution in [-0.4, -0.2) is 34.5 Å². The molecule has 38 heavy (non-hydrogen) atoms. The number of thioether (sulfide) groups is 1.